The van der Waals surface area contributed by atoms with Crippen molar-refractivity contribution in [3.8, 4) is 0 Å². The van der Waals surface area contributed by atoms with Gasteiger partial charge in [-0.15, -0.1) is 0 Å². The van der Waals surface area contributed by atoms with Crippen LogP contribution in [0.2, 0.25) is 0 Å². The van der Waals surface area contributed by atoms with Gasteiger partial charge in [0.2, 0.25) is 0 Å². The summed E-state index contributed by atoms with van der Waals surface area (Å²) in [6.45, 7) is 3.92. The molecule has 0 aliphatic rings. The van der Waals surface area contributed by atoms with E-state index in [1.54, 1.807) is 13.1 Å². The fourth-order valence-electron chi connectivity index (χ4n) is 2.38. The molecule has 3 heteroatoms. The Balaban J connectivity index is 2.31. The zero-order valence-corrected chi connectivity index (χ0v) is 11.5. The summed E-state index contributed by atoms with van der Waals surface area (Å²) in [6.07, 6.45) is 1.80. The van der Waals surface area contributed by atoms with Gasteiger partial charge in [0.15, 0.2) is 0 Å². The zero-order valence-electron chi connectivity index (χ0n) is 11.5. The van der Waals surface area contributed by atoms with Crippen molar-refractivity contribution in [3.63, 3.8) is 0 Å². The minimum Gasteiger partial charge on any atom is -0.312 e. The number of halogens is 1. The molecule has 100 valence electrons. The molecule has 0 fully saturated rings. The molecule has 2 rings (SSSR count). The van der Waals surface area contributed by atoms with Gasteiger partial charge in [-0.25, -0.2) is 4.39 Å². The van der Waals surface area contributed by atoms with E-state index in [0.29, 0.717) is 5.56 Å². The normalized spacial score (nSPS) is 14.1. The van der Waals surface area contributed by atoms with Crippen LogP contribution in [0.3, 0.4) is 0 Å². The van der Waals surface area contributed by atoms with Crippen molar-refractivity contribution in [1.82, 2.24) is 10.3 Å². The monoisotopic (exact) mass is 258 g/mol. The highest BCUT2D eigenvalue weighted by atomic mass is 19.1. The first-order chi connectivity index (χ1) is 9.13. The van der Waals surface area contributed by atoms with Gasteiger partial charge in [0.05, 0.1) is 0 Å². The highest BCUT2D eigenvalue weighted by molar-refractivity contribution is 5.29. The molecule has 1 aromatic heterocycles. The minimum atomic E-state index is -0.163. The molecule has 1 aromatic carbocycles. The number of aromatic nitrogens is 1. The van der Waals surface area contributed by atoms with Gasteiger partial charge in [-0.05, 0) is 43.3 Å². The smallest absolute Gasteiger partial charge is 0.126 e. The van der Waals surface area contributed by atoms with E-state index in [9.17, 15) is 4.39 Å². The van der Waals surface area contributed by atoms with Gasteiger partial charge >= 0.3 is 0 Å². The highest BCUT2D eigenvalue weighted by Gasteiger charge is 2.20. The lowest BCUT2D eigenvalue weighted by molar-refractivity contribution is 0.497. The quantitative estimate of drug-likeness (QED) is 0.906. The minimum absolute atomic E-state index is 0.120. The van der Waals surface area contributed by atoms with Crippen LogP contribution in [0.25, 0.3) is 0 Å². The summed E-state index contributed by atoms with van der Waals surface area (Å²) in [6, 6.07) is 11.3. The Morgan fingerprint density at radius 1 is 1.21 bits per heavy atom. The van der Waals surface area contributed by atoms with Crippen LogP contribution in [0.5, 0.6) is 0 Å². The lowest BCUT2D eigenvalue weighted by atomic mass is 9.91. The third kappa shape index (κ3) is 2.99. The molecule has 19 heavy (non-hydrogen) atoms. The number of likely N-dealkylation sites (N-methyl/N-ethyl adjacent to an activating group) is 1. The van der Waals surface area contributed by atoms with Crippen molar-refractivity contribution < 1.29 is 4.39 Å². The van der Waals surface area contributed by atoms with Crippen molar-refractivity contribution in [2.75, 3.05) is 7.05 Å². The predicted octanol–water partition coefficient (Wildman–Crippen LogP) is 3.59. The third-order valence-corrected chi connectivity index (χ3v) is 3.51. The van der Waals surface area contributed by atoms with Crippen molar-refractivity contribution >= 4 is 0 Å². The molecule has 1 N–H and O–H groups in total. The van der Waals surface area contributed by atoms with E-state index in [-0.39, 0.29) is 17.8 Å². The second kappa shape index (κ2) is 5.93. The van der Waals surface area contributed by atoms with E-state index in [2.05, 4.69) is 17.2 Å². The third-order valence-electron chi connectivity index (χ3n) is 3.51. The van der Waals surface area contributed by atoms with E-state index >= 15 is 0 Å². The molecule has 0 amide bonds. The number of nitrogens with one attached hydrogen (secondary N) is 1. The van der Waals surface area contributed by atoms with Crippen LogP contribution in [0.1, 0.15) is 35.7 Å². The fraction of sp³-hybridized carbons (Fsp3) is 0.312. The highest BCUT2D eigenvalue weighted by Crippen LogP contribution is 2.29. The molecular weight excluding hydrogens is 239 g/mol. The van der Waals surface area contributed by atoms with E-state index in [0.717, 1.165) is 11.3 Å². The Hall–Kier alpha value is -1.74. The average molecular weight is 258 g/mol. The van der Waals surface area contributed by atoms with Gasteiger partial charge in [-0.3, -0.25) is 4.98 Å². The van der Waals surface area contributed by atoms with Gasteiger partial charge in [0, 0.05) is 23.9 Å². The summed E-state index contributed by atoms with van der Waals surface area (Å²) in [7, 11) is 1.92. The summed E-state index contributed by atoms with van der Waals surface area (Å²) in [5.41, 5.74) is 2.79. The first kappa shape index (κ1) is 13.7. The number of rotatable bonds is 4. The first-order valence-electron chi connectivity index (χ1n) is 6.47. The van der Waals surface area contributed by atoms with Crippen LogP contribution >= 0.6 is 0 Å². The Bertz CT molecular complexity index is 540. The average Bonchev–Trinajstić information content (AvgIpc) is 2.44. The second-order valence-electron chi connectivity index (χ2n) is 4.82. The summed E-state index contributed by atoms with van der Waals surface area (Å²) in [4.78, 5) is 4.40. The van der Waals surface area contributed by atoms with E-state index in [1.807, 2.05) is 37.4 Å². The van der Waals surface area contributed by atoms with Gasteiger partial charge in [0.1, 0.15) is 5.82 Å². The van der Waals surface area contributed by atoms with Gasteiger partial charge in [-0.2, -0.15) is 0 Å². The summed E-state index contributed by atoms with van der Waals surface area (Å²) in [5.74, 6) is 0.0557. The number of aryl methyl sites for hydroxylation is 1. The lowest BCUT2D eigenvalue weighted by Gasteiger charge is -2.24. The summed E-state index contributed by atoms with van der Waals surface area (Å²) in [5, 5.41) is 3.30. The molecule has 2 aromatic rings. The van der Waals surface area contributed by atoms with Crippen molar-refractivity contribution in [1.29, 1.82) is 0 Å². The predicted molar refractivity (Wildman–Crippen MR) is 75.6 cm³/mol. The van der Waals surface area contributed by atoms with Crippen LogP contribution < -0.4 is 5.32 Å². The SMILES string of the molecule is CNC(c1ccc(F)c(C)c1)C(C)c1ccccn1. The van der Waals surface area contributed by atoms with Gasteiger partial charge in [-0.1, -0.05) is 25.1 Å². The van der Waals surface area contributed by atoms with Gasteiger partial charge < -0.3 is 5.32 Å². The van der Waals surface area contributed by atoms with Crippen LogP contribution in [-0.4, -0.2) is 12.0 Å². The molecule has 0 saturated heterocycles. The Kier molecular flexibility index (Phi) is 4.27. The molecule has 0 spiro atoms. The van der Waals surface area contributed by atoms with E-state index in [4.69, 9.17) is 0 Å². The maximum atomic E-state index is 13.4. The number of hydrogen-bond acceptors (Lipinski definition) is 2. The molecule has 2 unspecified atom stereocenters. The van der Waals surface area contributed by atoms with Crippen molar-refractivity contribution in [3.05, 3.63) is 65.2 Å². The van der Waals surface area contributed by atoms with Gasteiger partial charge in [0.25, 0.3) is 0 Å². The van der Waals surface area contributed by atoms with Crippen molar-refractivity contribution in [2.45, 2.75) is 25.8 Å². The van der Waals surface area contributed by atoms with Crippen LogP contribution in [0.15, 0.2) is 42.6 Å². The largest absolute Gasteiger partial charge is 0.312 e. The molecule has 2 atom stereocenters. The fourth-order valence-corrected chi connectivity index (χ4v) is 2.38. The van der Waals surface area contributed by atoms with Crippen molar-refractivity contribution in [2.24, 2.45) is 0 Å². The Morgan fingerprint density at radius 2 is 2.00 bits per heavy atom. The second-order valence-corrected chi connectivity index (χ2v) is 4.82. The molecule has 1 heterocycles. The van der Waals surface area contributed by atoms with Crippen LogP contribution in [0.4, 0.5) is 4.39 Å². The topological polar surface area (TPSA) is 24.9 Å². The molecule has 0 radical (unpaired) electrons. The number of hydrogen-bond donors (Lipinski definition) is 1. The van der Waals surface area contributed by atoms with Crippen LogP contribution in [-0.2, 0) is 0 Å². The Labute approximate surface area is 113 Å². The van der Waals surface area contributed by atoms with Crippen LogP contribution in [0, 0.1) is 12.7 Å². The van der Waals surface area contributed by atoms with E-state index < -0.39 is 0 Å². The summed E-state index contributed by atoms with van der Waals surface area (Å²) < 4.78 is 13.4. The molecule has 0 aliphatic heterocycles. The molecule has 0 aliphatic carbocycles. The van der Waals surface area contributed by atoms with E-state index in [1.165, 1.54) is 6.07 Å². The number of nitrogens with zero attached hydrogens (tertiary/aromatic N) is 1. The lowest BCUT2D eigenvalue weighted by Crippen LogP contribution is -2.23. The zero-order chi connectivity index (χ0) is 13.8. The molecule has 2 nitrogen and oxygen atoms in total. The maximum Gasteiger partial charge on any atom is 0.126 e. The number of pyridine rings is 1. The molecule has 0 bridgehead atoms. The summed E-state index contributed by atoms with van der Waals surface area (Å²) >= 11 is 0. The maximum absolute atomic E-state index is 13.4. The molecular formula is C16H19FN2. The standard InChI is InChI=1S/C16H19FN2/c1-11-10-13(7-8-14(11)17)16(18-3)12(2)15-6-4-5-9-19-15/h4-10,12,16,18H,1-3H3. The molecule has 0 saturated carbocycles. The first-order valence-corrected chi connectivity index (χ1v) is 6.47. The number of benzene rings is 1. The Morgan fingerprint density at radius 3 is 2.58 bits per heavy atom.